The first-order valence-electron chi connectivity index (χ1n) is 24.7. The Hall–Kier alpha value is -7.77. The van der Waals surface area contributed by atoms with Gasteiger partial charge in [0, 0.05) is 36.7 Å². The van der Waals surface area contributed by atoms with Gasteiger partial charge in [0.15, 0.2) is 5.82 Å². The first-order chi connectivity index (χ1) is 35.0. The molecule has 4 atom stereocenters. The predicted molar refractivity (Wildman–Crippen MR) is 280 cm³/mol. The van der Waals surface area contributed by atoms with Gasteiger partial charge in [-0.3, -0.25) is 19.2 Å². The second-order valence-corrected chi connectivity index (χ2v) is 21.4. The number of hydrogen-bond acceptors (Lipinski definition) is 14. The summed E-state index contributed by atoms with van der Waals surface area (Å²) in [6, 6.07) is 11.5. The molecule has 0 spiro atoms. The number of phenols is 1. The van der Waals surface area contributed by atoms with Gasteiger partial charge in [-0.15, -0.1) is 0 Å². The number of aryl methyl sites for hydroxylation is 2. The third-order valence-corrected chi connectivity index (χ3v) is 11.9. The van der Waals surface area contributed by atoms with Crippen molar-refractivity contribution in [1.82, 2.24) is 41.5 Å². The standard InChI is InChI=1S/C55H72N8O12/c1-30-43(31(2)59-45(58-30)34-16-19-36(20-17-34)53(4,5)6)47(66)61-39(23-24-56-51(70)74-54(7,8)9)49(68)63(13)44-35-18-21-41(64)37(29-35)38-27-33(15-22-42(38)73-26-25-57-52(71)75-55(10,11)12)28-40(50(69)72-14)62-46(65)32(3)60-48(44)67/h15-22,27,29,32,39-40,44,64H,23-26,28H2,1-14H3,(H,56,70)(H,57,71)(H,60,67)(H,61,66)(H,62,65)/t32-,39-,40-,44-/m0/s1. The summed E-state index contributed by atoms with van der Waals surface area (Å²) < 4.78 is 21.9. The number of ether oxygens (including phenoxy) is 4. The largest absolute Gasteiger partial charge is 0.507 e. The number of rotatable bonds is 13. The molecule has 0 saturated heterocycles. The number of fused-ring (bicyclic) bond motifs is 5. The van der Waals surface area contributed by atoms with Crippen LogP contribution in [0.15, 0.2) is 60.7 Å². The maximum Gasteiger partial charge on any atom is 0.407 e. The summed E-state index contributed by atoms with van der Waals surface area (Å²) in [5.74, 6) is -3.49. The van der Waals surface area contributed by atoms with E-state index in [0.717, 1.165) is 16.0 Å². The topological polar surface area (TPSA) is 266 Å². The van der Waals surface area contributed by atoms with E-state index in [-0.39, 0.29) is 71.7 Å². The summed E-state index contributed by atoms with van der Waals surface area (Å²) in [4.78, 5) is 107. The zero-order valence-electron chi connectivity index (χ0n) is 45.4. The van der Waals surface area contributed by atoms with Crippen LogP contribution in [0.1, 0.15) is 120 Å². The Morgan fingerprint density at radius 3 is 1.96 bits per heavy atom. The molecule has 1 aliphatic rings. The van der Waals surface area contributed by atoms with Gasteiger partial charge >= 0.3 is 18.2 Å². The Morgan fingerprint density at radius 2 is 1.39 bits per heavy atom. The van der Waals surface area contributed by atoms with Gasteiger partial charge in [-0.1, -0.05) is 57.2 Å². The summed E-state index contributed by atoms with van der Waals surface area (Å²) in [5, 5.41) is 25.0. The van der Waals surface area contributed by atoms with E-state index >= 15 is 4.79 Å². The minimum Gasteiger partial charge on any atom is -0.507 e. The quantitative estimate of drug-likeness (QED) is 0.0490. The minimum absolute atomic E-state index is 0.0284. The molecule has 75 heavy (non-hydrogen) atoms. The lowest BCUT2D eigenvalue weighted by Gasteiger charge is -2.32. The predicted octanol–water partition coefficient (Wildman–Crippen LogP) is 6.27. The van der Waals surface area contributed by atoms with Crippen molar-refractivity contribution in [3.63, 3.8) is 0 Å². The summed E-state index contributed by atoms with van der Waals surface area (Å²) in [5.41, 5.74) is 2.09. The van der Waals surface area contributed by atoms with E-state index in [4.69, 9.17) is 18.9 Å². The van der Waals surface area contributed by atoms with E-state index in [0.29, 0.717) is 22.8 Å². The molecule has 0 unspecified atom stereocenters. The van der Waals surface area contributed by atoms with Crippen LogP contribution in [-0.2, 0) is 45.2 Å². The summed E-state index contributed by atoms with van der Waals surface area (Å²) in [6.45, 7) is 21.1. The summed E-state index contributed by atoms with van der Waals surface area (Å²) in [7, 11) is 2.51. The highest BCUT2D eigenvalue weighted by Gasteiger charge is 2.37. The lowest BCUT2D eigenvalue weighted by molar-refractivity contribution is -0.145. The molecule has 404 valence electrons. The van der Waals surface area contributed by atoms with E-state index in [2.05, 4.69) is 57.3 Å². The molecular weight excluding hydrogens is 965 g/mol. The molecule has 1 aliphatic heterocycles. The Morgan fingerprint density at radius 1 is 0.787 bits per heavy atom. The zero-order valence-corrected chi connectivity index (χ0v) is 45.4. The van der Waals surface area contributed by atoms with E-state index in [1.54, 1.807) is 73.6 Å². The van der Waals surface area contributed by atoms with Gasteiger partial charge in [-0.2, -0.15) is 0 Å². The van der Waals surface area contributed by atoms with Crippen LogP contribution in [0, 0.1) is 13.8 Å². The molecule has 0 fully saturated rings. The van der Waals surface area contributed by atoms with Gasteiger partial charge in [0.25, 0.3) is 5.91 Å². The number of amides is 6. The van der Waals surface area contributed by atoms with E-state index in [1.165, 1.54) is 39.3 Å². The number of esters is 1. The molecule has 1 aromatic heterocycles. The zero-order chi connectivity index (χ0) is 55.7. The molecule has 20 nitrogen and oxygen atoms in total. The average Bonchev–Trinajstić information content (AvgIpc) is 3.30. The second-order valence-electron chi connectivity index (χ2n) is 21.4. The fraction of sp³-hybridized carbons (Fsp3) is 0.473. The first-order valence-corrected chi connectivity index (χ1v) is 24.7. The van der Waals surface area contributed by atoms with Crippen LogP contribution < -0.4 is 31.3 Å². The molecule has 4 bridgehead atoms. The van der Waals surface area contributed by atoms with Crippen molar-refractivity contribution in [2.45, 2.75) is 137 Å². The molecule has 0 saturated carbocycles. The van der Waals surface area contributed by atoms with E-state index in [9.17, 15) is 33.9 Å². The third-order valence-electron chi connectivity index (χ3n) is 11.9. The molecule has 6 amide bonds. The number of methoxy groups -OCH3 is 1. The van der Waals surface area contributed by atoms with Crippen molar-refractivity contribution in [2.75, 3.05) is 33.9 Å². The van der Waals surface area contributed by atoms with Gasteiger partial charge < -0.3 is 55.5 Å². The number of alkyl carbamates (subject to hydrolysis) is 2. The van der Waals surface area contributed by atoms with Crippen molar-refractivity contribution in [2.24, 2.45) is 0 Å². The highest BCUT2D eigenvalue weighted by atomic mass is 16.6. The van der Waals surface area contributed by atoms with Crippen molar-refractivity contribution >= 4 is 41.8 Å². The SMILES string of the molecule is COC(=O)[C@@H]1Cc2ccc(OCCNC(=O)OC(C)(C)C)c(c2)-c2cc(ccc2O)[C@H](N(C)C(=O)[C@H](CCNC(=O)OC(C)(C)C)NC(=O)c2c(C)nc(-c3ccc(C(C)(C)C)cc3)nc2C)C(=O)N[C@@H](C)C(=O)N1. The molecule has 3 aromatic carbocycles. The average molecular weight is 1040 g/mol. The number of phenolic OH excluding ortho intramolecular Hbond substituents is 1. The van der Waals surface area contributed by atoms with Crippen LogP contribution in [-0.4, -0.2) is 125 Å². The summed E-state index contributed by atoms with van der Waals surface area (Å²) >= 11 is 0. The minimum atomic E-state index is -1.55. The lowest BCUT2D eigenvalue weighted by atomic mass is 9.86. The van der Waals surface area contributed by atoms with Crippen LogP contribution in [0.2, 0.25) is 0 Å². The number of likely N-dealkylation sites (N-methyl/N-ethyl adjacent to an activating group) is 1. The Bertz CT molecular complexity index is 2750. The number of aromatic hydroxyl groups is 1. The number of hydrogen-bond donors (Lipinski definition) is 6. The molecule has 2 heterocycles. The Balaban J connectivity index is 1.57. The lowest BCUT2D eigenvalue weighted by Crippen LogP contribution is -2.55. The maximum atomic E-state index is 15.1. The van der Waals surface area contributed by atoms with Crippen LogP contribution in [0.25, 0.3) is 22.5 Å². The number of nitrogens with zero attached hydrogens (tertiary/aromatic N) is 3. The molecule has 6 N–H and O–H groups in total. The molecule has 5 rings (SSSR count). The van der Waals surface area contributed by atoms with Crippen LogP contribution >= 0.6 is 0 Å². The molecule has 20 heteroatoms. The molecular formula is C55H72N8O12. The van der Waals surface area contributed by atoms with Crippen molar-refractivity contribution in [1.29, 1.82) is 0 Å². The number of carbonyl (C=O) groups excluding carboxylic acids is 7. The number of carbonyl (C=O) groups is 7. The van der Waals surface area contributed by atoms with Gasteiger partial charge in [0.05, 0.1) is 30.6 Å². The molecule has 0 aliphatic carbocycles. The fourth-order valence-corrected chi connectivity index (χ4v) is 8.17. The highest BCUT2D eigenvalue weighted by molar-refractivity contribution is 6.00. The number of aromatic nitrogens is 2. The van der Waals surface area contributed by atoms with Gasteiger partial charge in [0.2, 0.25) is 17.7 Å². The smallest absolute Gasteiger partial charge is 0.407 e. The Kier molecular flexibility index (Phi) is 18.6. The molecule has 4 aromatic rings. The molecule has 0 radical (unpaired) electrons. The maximum absolute atomic E-state index is 15.1. The normalized spacial score (nSPS) is 16.4. The van der Waals surface area contributed by atoms with Crippen molar-refractivity contribution < 1.29 is 57.6 Å². The van der Waals surface area contributed by atoms with Crippen molar-refractivity contribution in [3.8, 4) is 34.0 Å². The highest BCUT2D eigenvalue weighted by Crippen LogP contribution is 2.40. The number of nitrogens with one attached hydrogen (secondary N) is 5. The van der Waals surface area contributed by atoms with E-state index < -0.39 is 77.2 Å². The van der Waals surface area contributed by atoms with Gasteiger partial charge in [0.1, 0.15) is 53.5 Å². The Labute approximate surface area is 438 Å². The van der Waals surface area contributed by atoms with Crippen molar-refractivity contribution in [3.05, 3.63) is 94.3 Å². The van der Waals surface area contributed by atoms with Crippen LogP contribution in [0.5, 0.6) is 11.5 Å². The second kappa shape index (κ2) is 24.1. The fourth-order valence-electron chi connectivity index (χ4n) is 8.17. The van der Waals surface area contributed by atoms with Gasteiger partial charge in [-0.05, 0) is 115 Å². The van der Waals surface area contributed by atoms with E-state index in [1.807, 2.05) is 24.3 Å². The van der Waals surface area contributed by atoms with Crippen LogP contribution in [0.3, 0.4) is 0 Å². The summed E-state index contributed by atoms with van der Waals surface area (Å²) in [6.07, 6.45) is -1.68. The van der Waals surface area contributed by atoms with Crippen LogP contribution in [0.4, 0.5) is 9.59 Å². The first kappa shape index (κ1) is 58.1. The monoisotopic (exact) mass is 1040 g/mol. The number of benzene rings is 3. The third kappa shape index (κ3) is 15.9. The van der Waals surface area contributed by atoms with Gasteiger partial charge in [-0.25, -0.2) is 24.4 Å².